The molecule has 2 N–H and O–H groups in total. The first kappa shape index (κ1) is 15.0. The molecule has 21 heavy (non-hydrogen) atoms. The first-order valence-electron chi connectivity index (χ1n) is 6.09. The molecule has 1 atom stereocenters. The predicted octanol–water partition coefficient (Wildman–Crippen LogP) is 1.72. The van der Waals surface area contributed by atoms with Crippen LogP contribution < -0.4 is 5.32 Å². The second-order valence-electron chi connectivity index (χ2n) is 4.45. The third kappa shape index (κ3) is 3.57. The van der Waals surface area contributed by atoms with Gasteiger partial charge in [-0.3, -0.25) is 0 Å². The summed E-state index contributed by atoms with van der Waals surface area (Å²) in [5.41, 5.74) is 0.509. The van der Waals surface area contributed by atoms with Crippen LogP contribution in [0.3, 0.4) is 0 Å². The van der Waals surface area contributed by atoms with Gasteiger partial charge in [0.15, 0.2) is 15.9 Å². The third-order valence-electron chi connectivity index (χ3n) is 2.83. The van der Waals surface area contributed by atoms with Gasteiger partial charge in [-0.15, -0.1) is 0 Å². The minimum atomic E-state index is -3.50. The maximum absolute atomic E-state index is 11.7. The molecule has 2 aromatic rings. The molecule has 1 unspecified atom stereocenters. The number of anilines is 1. The zero-order valence-corrected chi connectivity index (χ0v) is 12.0. The molecule has 1 heterocycles. The van der Waals surface area contributed by atoms with Gasteiger partial charge in [0, 0.05) is 12.5 Å². The van der Waals surface area contributed by atoms with Gasteiger partial charge in [0.2, 0.25) is 0 Å². The highest BCUT2D eigenvalue weighted by atomic mass is 32.2. The number of carboxylic acid groups (broad SMARTS) is 1. The first-order valence-corrected chi connectivity index (χ1v) is 7.98. The lowest BCUT2D eigenvalue weighted by Gasteiger charge is -2.17. The van der Waals surface area contributed by atoms with E-state index in [1.165, 1.54) is 18.3 Å². The van der Waals surface area contributed by atoms with Crippen LogP contribution in [-0.4, -0.2) is 30.7 Å². The smallest absolute Gasteiger partial charge is 0.330 e. The van der Waals surface area contributed by atoms with E-state index in [-0.39, 0.29) is 10.7 Å². The van der Waals surface area contributed by atoms with Crippen LogP contribution >= 0.6 is 0 Å². The Kier molecular flexibility index (Phi) is 4.23. The molecule has 1 aromatic carbocycles. The second-order valence-corrected chi connectivity index (χ2v) is 6.43. The number of nitrogens with zero attached hydrogens (tertiary/aromatic N) is 1. The average molecular weight is 306 g/mol. The molecule has 0 fully saturated rings. The van der Waals surface area contributed by atoms with Gasteiger partial charge in [-0.05, 0) is 17.7 Å². The number of aromatic nitrogens is 1. The molecule has 0 bridgehead atoms. The van der Waals surface area contributed by atoms with Crippen LogP contribution in [0, 0.1) is 0 Å². The number of nitrogens with one attached hydrogen (secondary N) is 1. The highest BCUT2D eigenvalue weighted by Crippen LogP contribution is 2.24. The molecule has 0 spiro atoms. The van der Waals surface area contributed by atoms with E-state index < -0.39 is 21.8 Å². The van der Waals surface area contributed by atoms with Crippen molar-refractivity contribution < 1.29 is 18.3 Å². The summed E-state index contributed by atoms with van der Waals surface area (Å²) in [5.74, 6) is -1.09. The summed E-state index contributed by atoms with van der Waals surface area (Å²) in [6.07, 6.45) is 2.45. The summed E-state index contributed by atoms with van der Waals surface area (Å²) in [5, 5.41) is 12.0. The van der Waals surface area contributed by atoms with Crippen molar-refractivity contribution in [3.63, 3.8) is 0 Å². The molecule has 0 saturated carbocycles. The van der Waals surface area contributed by atoms with E-state index in [4.69, 9.17) is 0 Å². The van der Waals surface area contributed by atoms with Gasteiger partial charge in [0.1, 0.15) is 10.7 Å². The van der Waals surface area contributed by atoms with Crippen molar-refractivity contribution in [2.45, 2.75) is 10.9 Å². The molecule has 110 valence electrons. The maximum atomic E-state index is 11.7. The average Bonchev–Trinajstić information content (AvgIpc) is 2.44. The van der Waals surface area contributed by atoms with E-state index in [9.17, 15) is 18.3 Å². The van der Waals surface area contributed by atoms with Crippen molar-refractivity contribution in [1.29, 1.82) is 0 Å². The van der Waals surface area contributed by atoms with Crippen LogP contribution in [0.15, 0.2) is 53.6 Å². The van der Waals surface area contributed by atoms with Gasteiger partial charge < -0.3 is 10.4 Å². The summed E-state index contributed by atoms with van der Waals surface area (Å²) in [7, 11) is -3.50. The molecular weight excluding hydrogens is 292 g/mol. The topological polar surface area (TPSA) is 96.4 Å². The van der Waals surface area contributed by atoms with Crippen LogP contribution in [0.2, 0.25) is 0 Å². The molecule has 0 amide bonds. The lowest BCUT2D eigenvalue weighted by atomic mass is 10.1. The Morgan fingerprint density at radius 3 is 2.43 bits per heavy atom. The standard InChI is InChI=1S/C14H14N2O4S/c1-21(19,20)11-8-5-9-15-13(11)16-12(14(17)18)10-6-3-2-4-7-10/h2-9,12H,1H3,(H,15,16)(H,17,18). The summed E-state index contributed by atoms with van der Waals surface area (Å²) in [6.45, 7) is 0. The predicted molar refractivity (Wildman–Crippen MR) is 77.8 cm³/mol. The van der Waals surface area contributed by atoms with E-state index in [1.54, 1.807) is 30.3 Å². The molecule has 0 aliphatic rings. The quantitative estimate of drug-likeness (QED) is 0.873. The van der Waals surface area contributed by atoms with Gasteiger partial charge in [-0.2, -0.15) is 0 Å². The number of hydrogen-bond donors (Lipinski definition) is 2. The van der Waals surface area contributed by atoms with Gasteiger partial charge in [-0.25, -0.2) is 18.2 Å². The largest absolute Gasteiger partial charge is 0.479 e. The summed E-state index contributed by atoms with van der Waals surface area (Å²) in [6, 6.07) is 10.3. The third-order valence-corrected chi connectivity index (χ3v) is 3.96. The molecule has 2 rings (SSSR count). The summed E-state index contributed by atoms with van der Waals surface area (Å²) >= 11 is 0. The highest BCUT2D eigenvalue weighted by molar-refractivity contribution is 7.90. The Morgan fingerprint density at radius 2 is 1.86 bits per heavy atom. The fourth-order valence-corrected chi connectivity index (χ4v) is 2.66. The number of sulfone groups is 1. The number of aliphatic carboxylic acids is 1. The number of hydrogen-bond acceptors (Lipinski definition) is 5. The van der Waals surface area contributed by atoms with Crippen LogP contribution in [-0.2, 0) is 14.6 Å². The summed E-state index contributed by atoms with van der Waals surface area (Å²) in [4.78, 5) is 15.3. The van der Waals surface area contributed by atoms with E-state index in [1.807, 2.05) is 0 Å². The minimum absolute atomic E-state index is 0.0243. The van der Waals surface area contributed by atoms with Crippen molar-refractivity contribution >= 4 is 21.6 Å². The number of carboxylic acids is 1. The molecule has 6 nitrogen and oxygen atoms in total. The second kappa shape index (κ2) is 5.92. The van der Waals surface area contributed by atoms with Crippen LogP contribution in [0.25, 0.3) is 0 Å². The lowest BCUT2D eigenvalue weighted by molar-refractivity contribution is -0.138. The van der Waals surface area contributed by atoms with E-state index in [0.717, 1.165) is 6.26 Å². The zero-order valence-electron chi connectivity index (χ0n) is 11.2. The van der Waals surface area contributed by atoms with Crippen molar-refractivity contribution in [3.05, 3.63) is 54.2 Å². The van der Waals surface area contributed by atoms with Crippen molar-refractivity contribution in [3.8, 4) is 0 Å². The van der Waals surface area contributed by atoms with Gasteiger partial charge in [-0.1, -0.05) is 30.3 Å². The van der Waals surface area contributed by atoms with Crippen molar-refractivity contribution in [2.75, 3.05) is 11.6 Å². The SMILES string of the molecule is CS(=O)(=O)c1cccnc1NC(C(=O)O)c1ccccc1. The van der Waals surface area contributed by atoms with E-state index in [0.29, 0.717) is 5.56 Å². The Hall–Kier alpha value is -2.41. The number of benzene rings is 1. The van der Waals surface area contributed by atoms with Crippen molar-refractivity contribution in [2.24, 2.45) is 0 Å². The fourth-order valence-electron chi connectivity index (χ4n) is 1.87. The Balaban J connectivity index is 2.42. The molecular formula is C14H14N2O4S. The Bertz CT molecular complexity index is 745. The molecule has 0 aliphatic carbocycles. The van der Waals surface area contributed by atoms with Crippen molar-refractivity contribution in [1.82, 2.24) is 4.98 Å². The Labute approximate surface area is 122 Å². The summed E-state index contributed by atoms with van der Waals surface area (Å²) < 4.78 is 23.4. The van der Waals surface area contributed by atoms with Crippen LogP contribution in [0.1, 0.15) is 11.6 Å². The van der Waals surface area contributed by atoms with E-state index in [2.05, 4.69) is 10.3 Å². The van der Waals surface area contributed by atoms with E-state index >= 15 is 0 Å². The number of rotatable bonds is 5. The monoisotopic (exact) mass is 306 g/mol. The first-order chi connectivity index (χ1) is 9.89. The molecule has 1 aromatic heterocycles. The van der Waals surface area contributed by atoms with Crippen LogP contribution in [0.5, 0.6) is 0 Å². The molecule has 7 heteroatoms. The molecule has 0 saturated heterocycles. The number of carbonyl (C=O) groups is 1. The maximum Gasteiger partial charge on any atom is 0.330 e. The minimum Gasteiger partial charge on any atom is -0.479 e. The van der Waals surface area contributed by atoms with Gasteiger partial charge >= 0.3 is 5.97 Å². The Morgan fingerprint density at radius 1 is 1.19 bits per heavy atom. The normalized spacial score (nSPS) is 12.6. The van der Waals surface area contributed by atoms with Crippen LogP contribution in [0.4, 0.5) is 5.82 Å². The van der Waals surface area contributed by atoms with Gasteiger partial charge in [0.25, 0.3) is 0 Å². The fraction of sp³-hybridized carbons (Fsp3) is 0.143. The molecule has 0 radical (unpaired) electrons. The lowest BCUT2D eigenvalue weighted by Crippen LogP contribution is -2.22. The number of pyridine rings is 1. The highest BCUT2D eigenvalue weighted by Gasteiger charge is 2.23. The zero-order chi connectivity index (χ0) is 15.5. The van der Waals surface area contributed by atoms with Gasteiger partial charge in [0.05, 0.1) is 0 Å². The molecule has 0 aliphatic heterocycles.